The maximum Gasteiger partial charge on any atom is 0.259 e. The van der Waals surface area contributed by atoms with Crippen LogP contribution in [0.5, 0.6) is 5.75 Å². The van der Waals surface area contributed by atoms with E-state index < -0.39 is 0 Å². The lowest BCUT2D eigenvalue weighted by Crippen LogP contribution is -2.35. The molecule has 3 heterocycles. The molecule has 0 radical (unpaired) electrons. The molecule has 0 bridgehead atoms. The van der Waals surface area contributed by atoms with Crippen LogP contribution in [0, 0.1) is 5.92 Å². The number of rotatable bonds is 7. The van der Waals surface area contributed by atoms with Gasteiger partial charge < -0.3 is 25.8 Å². The number of hydrogen-bond donors (Lipinski definition) is 3. The maximum absolute atomic E-state index is 13.6. The third kappa shape index (κ3) is 4.50. The van der Waals surface area contributed by atoms with Gasteiger partial charge in [-0.1, -0.05) is 0 Å². The molecule has 1 atom stereocenters. The third-order valence-electron chi connectivity index (χ3n) is 8.68. The summed E-state index contributed by atoms with van der Waals surface area (Å²) in [6, 6.07) is 6.13. The second kappa shape index (κ2) is 9.22. The molecule has 4 aliphatic rings. The van der Waals surface area contributed by atoms with Gasteiger partial charge in [-0.15, -0.1) is 5.10 Å². The van der Waals surface area contributed by atoms with Crippen molar-refractivity contribution in [2.75, 3.05) is 5.73 Å². The van der Waals surface area contributed by atoms with Crippen LogP contribution in [0.4, 0.5) is 5.82 Å². The number of carbonyl (C=O) groups is 2. The van der Waals surface area contributed by atoms with Crippen LogP contribution in [-0.2, 0) is 6.54 Å². The third-order valence-corrected chi connectivity index (χ3v) is 8.68. The normalized spacial score (nSPS) is 23.6. The number of amides is 2. The fraction of sp³-hybridized carbons (Fsp3) is 0.517. The number of nitrogens with one attached hydrogen (secondary N) is 1. The minimum atomic E-state index is -0.288. The fourth-order valence-electron chi connectivity index (χ4n) is 6.00. The summed E-state index contributed by atoms with van der Waals surface area (Å²) in [6.07, 6.45) is 8.55. The first-order chi connectivity index (χ1) is 18.9. The van der Waals surface area contributed by atoms with Gasteiger partial charge in [0.05, 0.1) is 23.5 Å². The van der Waals surface area contributed by atoms with Crippen molar-refractivity contribution in [3.8, 4) is 17.0 Å². The number of hydrogen-bond acceptors (Lipinski definition) is 7. The van der Waals surface area contributed by atoms with Gasteiger partial charge in [0.1, 0.15) is 11.3 Å². The van der Waals surface area contributed by atoms with Crippen LogP contribution < -0.4 is 15.8 Å². The van der Waals surface area contributed by atoms with E-state index in [0.717, 1.165) is 49.7 Å². The Labute approximate surface area is 226 Å². The highest BCUT2D eigenvalue weighted by Gasteiger charge is 2.40. The Morgan fingerprint density at radius 1 is 1.15 bits per heavy atom. The lowest BCUT2D eigenvalue weighted by Gasteiger charge is -2.27. The monoisotopic (exact) mass is 530 g/mol. The zero-order valence-electron chi connectivity index (χ0n) is 22.1. The van der Waals surface area contributed by atoms with E-state index in [1.807, 2.05) is 23.1 Å². The van der Waals surface area contributed by atoms with Gasteiger partial charge in [0, 0.05) is 30.4 Å². The Kier molecular flexibility index (Phi) is 5.77. The van der Waals surface area contributed by atoms with Crippen molar-refractivity contribution in [3.05, 3.63) is 41.1 Å². The van der Waals surface area contributed by atoms with Gasteiger partial charge in [0.25, 0.3) is 11.8 Å². The molecule has 3 aliphatic carbocycles. The summed E-state index contributed by atoms with van der Waals surface area (Å²) in [6.45, 7) is 2.68. The predicted molar refractivity (Wildman–Crippen MR) is 144 cm³/mol. The summed E-state index contributed by atoms with van der Waals surface area (Å²) in [5.41, 5.74) is 9.82. The molecule has 1 aromatic carbocycles. The van der Waals surface area contributed by atoms with Crippen LogP contribution in [0.2, 0.25) is 0 Å². The SMILES string of the molecule is CC(C1CC1)N1Cc2cc(-c3ccn4nc(N)c(C(=O)NC5CC5)c4n3)cc(O[C@H]3CC[C@H](O)CC3)c2C1=O. The topological polar surface area (TPSA) is 135 Å². The number of nitrogens with zero attached hydrogens (tertiary/aromatic N) is 4. The predicted octanol–water partition coefficient (Wildman–Crippen LogP) is 3.31. The molecule has 1 unspecified atom stereocenters. The molecule has 10 heteroatoms. The summed E-state index contributed by atoms with van der Waals surface area (Å²) < 4.78 is 8.03. The van der Waals surface area contributed by atoms with Gasteiger partial charge in [0.2, 0.25) is 0 Å². The van der Waals surface area contributed by atoms with E-state index in [0.29, 0.717) is 48.0 Å². The number of aliphatic hydroxyl groups excluding tert-OH is 1. The number of fused-ring (bicyclic) bond motifs is 2. The molecule has 2 amide bonds. The number of ether oxygens (including phenoxy) is 1. The number of anilines is 1. The van der Waals surface area contributed by atoms with Crippen molar-refractivity contribution in [3.63, 3.8) is 0 Å². The Morgan fingerprint density at radius 2 is 1.92 bits per heavy atom. The average molecular weight is 531 g/mol. The van der Waals surface area contributed by atoms with Crippen LogP contribution in [0.15, 0.2) is 24.4 Å². The van der Waals surface area contributed by atoms with E-state index in [9.17, 15) is 14.7 Å². The second-order valence-corrected chi connectivity index (χ2v) is 11.7. The van der Waals surface area contributed by atoms with Crippen molar-refractivity contribution in [1.82, 2.24) is 24.8 Å². The Balaban J connectivity index is 1.28. The fourth-order valence-corrected chi connectivity index (χ4v) is 6.00. The number of nitrogen functional groups attached to an aromatic ring is 1. The first-order valence-electron chi connectivity index (χ1n) is 14.1. The highest BCUT2D eigenvalue weighted by Crippen LogP contribution is 2.42. The van der Waals surface area contributed by atoms with Gasteiger partial charge in [-0.05, 0) is 88.0 Å². The summed E-state index contributed by atoms with van der Waals surface area (Å²) >= 11 is 0. The quantitative estimate of drug-likeness (QED) is 0.427. The molecule has 2 aromatic heterocycles. The highest BCUT2D eigenvalue weighted by molar-refractivity contribution is 6.05. The molecule has 39 heavy (non-hydrogen) atoms. The standard InChI is InChI=1S/C29H34N6O4/c1-15(16-2-3-16)34-14-18-12-17(13-23(24(18)29(34)38)39-21-8-6-20(36)7-9-21)22-10-11-35-27(32-22)25(26(30)33-35)28(37)31-19-4-5-19/h10-13,15-16,19-21,36H,2-9,14H2,1H3,(H2,30,33)(H,31,37)/t15?,20-,21-. The lowest BCUT2D eigenvalue weighted by atomic mass is 9.95. The number of aliphatic hydroxyl groups is 1. The number of nitrogens with two attached hydrogens (primary N) is 1. The van der Waals surface area contributed by atoms with Crippen LogP contribution in [-0.4, -0.2) is 60.7 Å². The first kappa shape index (κ1) is 24.4. The number of carbonyl (C=O) groups excluding carboxylic acids is 2. The van der Waals surface area contributed by atoms with Gasteiger partial charge in [-0.2, -0.15) is 0 Å². The smallest absolute Gasteiger partial charge is 0.259 e. The maximum atomic E-state index is 13.6. The van der Waals surface area contributed by atoms with Crippen molar-refractivity contribution in [1.29, 1.82) is 0 Å². The van der Waals surface area contributed by atoms with Crippen LogP contribution >= 0.6 is 0 Å². The second-order valence-electron chi connectivity index (χ2n) is 11.7. The lowest BCUT2D eigenvalue weighted by molar-refractivity contribution is 0.0625. The van der Waals surface area contributed by atoms with E-state index >= 15 is 0 Å². The highest BCUT2D eigenvalue weighted by atomic mass is 16.5. The molecular weight excluding hydrogens is 496 g/mol. The van der Waals surface area contributed by atoms with E-state index in [1.165, 1.54) is 4.52 Å². The summed E-state index contributed by atoms with van der Waals surface area (Å²) in [4.78, 5) is 33.4. The molecule has 3 fully saturated rings. The van der Waals surface area contributed by atoms with Gasteiger partial charge in [-0.3, -0.25) is 9.59 Å². The molecule has 10 nitrogen and oxygen atoms in total. The molecule has 1 aliphatic heterocycles. The summed E-state index contributed by atoms with van der Waals surface area (Å²) in [5, 5.41) is 17.2. The Bertz CT molecular complexity index is 1470. The molecular formula is C29H34N6O4. The van der Waals surface area contributed by atoms with Gasteiger partial charge in [-0.25, -0.2) is 9.50 Å². The zero-order chi connectivity index (χ0) is 26.8. The minimum Gasteiger partial charge on any atom is -0.490 e. The largest absolute Gasteiger partial charge is 0.490 e. The number of aromatic nitrogens is 3. The van der Waals surface area contributed by atoms with Crippen molar-refractivity contribution < 1.29 is 19.4 Å². The Hall–Kier alpha value is -3.66. The molecule has 3 saturated carbocycles. The van der Waals surface area contributed by atoms with E-state index in [1.54, 1.807) is 6.20 Å². The minimum absolute atomic E-state index is 0.0211. The van der Waals surface area contributed by atoms with Gasteiger partial charge >= 0.3 is 0 Å². The van der Waals surface area contributed by atoms with Crippen molar-refractivity contribution in [2.45, 2.75) is 89.1 Å². The van der Waals surface area contributed by atoms with E-state index in [-0.39, 0.29) is 47.5 Å². The van der Waals surface area contributed by atoms with Crippen LogP contribution in [0.1, 0.15) is 84.6 Å². The van der Waals surface area contributed by atoms with Crippen molar-refractivity contribution in [2.24, 2.45) is 5.92 Å². The summed E-state index contributed by atoms with van der Waals surface area (Å²) in [5.74, 6) is 1.03. The molecule has 0 spiro atoms. The van der Waals surface area contributed by atoms with Gasteiger partial charge in [0.15, 0.2) is 11.5 Å². The summed E-state index contributed by atoms with van der Waals surface area (Å²) in [7, 11) is 0. The molecule has 0 saturated heterocycles. The average Bonchev–Trinajstić information content (AvgIpc) is 3.85. The van der Waals surface area contributed by atoms with Crippen LogP contribution in [0.3, 0.4) is 0 Å². The van der Waals surface area contributed by atoms with E-state index in [4.69, 9.17) is 15.5 Å². The zero-order valence-corrected chi connectivity index (χ0v) is 22.1. The molecule has 3 aromatic rings. The van der Waals surface area contributed by atoms with Crippen molar-refractivity contribution >= 4 is 23.3 Å². The molecule has 4 N–H and O–H groups in total. The van der Waals surface area contributed by atoms with E-state index in [2.05, 4.69) is 17.3 Å². The molecule has 204 valence electrons. The Morgan fingerprint density at radius 3 is 2.64 bits per heavy atom. The van der Waals surface area contributed by atoms with Crippen LogP contribution in [0.25, 0.3) is 16.9 Å². The molecule has 7 rings (SSSR count). The first-order valence-corrected chi connectivity index (χ1v) is 14.1. The number of benzene rings is 1.